The Morgan fingerprint density at radius 3 is 3.00 bits per heavy atom. The molecule has 0 aromatic heterocycles. The first kappa shape index (κ1) is 12.6. The lowest BCUT2D eigenvalue weighted by Crippen LogP contribution is -2.45. The summed E-state index contributed by atoms with van der Waals surface area (Å²) < 4.78 is 0.860. The van der Waals surface area contributed by atoms with Crippen molar-refractivity contribution < 1.29 is 4.79 Å². The summed E-state index contributed by atoms with van der Waals surface area (Å²) >= 11 is 3.44. The third kappa shape index (κ3) is 3.30. The number of amides is 1. The summed E-state index contributed by atoms with van der Waals surface area (Å²) in [7, 11) is 0. The molecule has 1 atom stereocenters. The van der Waals surface area contributed by atoms with E-state index in [1.54, 1.807) is 0 Å². The summed E-state index contributed by atoms with van der Waals surface area (Å²) in [5, 5.41) is 6.35. The van der Waals surface area contributed by atoms with Crippen molar-refractivity contribution in [1.82, 2.24) is 10.6 Å². The summed E-state index contributed by atoms with van der Waals surface area (Å²) in [6.45, 7) is 3.94. The van der Waals surface area contributed by atoms with Crippen molar-refractivity contribution in [2.45, 2.75) is 25.8 Å². The van der Waals surface area contributed by atoms with E-state index >= 15 is 0 Å². The van der Waals surface area contributed by atoms with Gasteiger partial charge < -0.3 is 10.6 Å². The molecule has 2 N–H and O–H groups in total. The van der Waals surface area contributed by atoms with Gasteiger partial charge in [0.15, 0.2) is 0 Å². The highest BCUT2D eigenvalue weighted by atomic mass is 79.9. The van der Waals surface area contributed by atoms with Crippen molar-refractivity contribution in [2.24, 2.45) is 0 Å². The Morgan fingerprint density at radius 1 is 1.53 bits per heavy atom. The van der Waals surface area contributed by atoms with Crippen LogP contribution in [0.3, 0.4) is 0 Å². The molecule has 1 aromatic rings. The SMILES string of the molecule is Cc1ccc(C(=O)N[C@@H]2CCCNC2)c(Br)c1. The third-order valence-corrected chi connectivity index (χ3v) is 3.66. The lowest BCUT2D eigenvalue weighted by molar-refractivity contribution is 0.0930. The van der Waals surface area contributed by atoms with E-state index in [2.05, 4.69) is 26.6 Å². The van der Waals surface area contributed by atoms with Crippen molar-refractivity contribution in [2.75, 3.05) is 13.1 Å². The summed E-state index contributed by atoms with van der Waals surface area (Å²) in [6.07, 6.45) is 2.18. The van der Waals surface area contributed by atoms with Gasteiger partial charge in [0.25, 0.3) is 5.91 Å². The molecule has 1 fully saturated rings. The zero-order valence-corrected chi connectivity index (χ0v) is 11.5. The van der Waals surface area contributed by atoms with Crippen LogP contribution in [0, 0.1) is 6.92 Å². The minimum Gasteiger partial charge on any atom is -0.348 e. The second kappa shape index (κ2) is 5.65. The van der Waals surface area contributed by atoms with Gasteiger partial charge >= 0.3 is 0 Å². The van der Waals surface area contributed by atoms with Gasteiger partial charge in [0.2, 0.25) is 0 Å². The molecule has 2 rings (SSSR count). The van der Waals surface area contributed by atoms with Crippen molar-refractivity contribution >= 4 is 21.8 Å². The zero-order chi connectivity index (χ0) is 12.3. The smallest absolute Gasteiger partial charge is 0.252 e. The fourth-order valence-corrected chi connectivity index (χ4v) is 2.72. The molecule has 0 bridgehead atoms. The van der Waals surface area contributed by atoms with Gasteiger partial charge in [-0.25, -0.2) is 0 Å². The number of hydrogen-bond acceptors (Lipinski definition) is 2. The van der Waals surface area contributed by atoms with Gasteiger partial charge in [-0.3, -0.25) is 4.79 Å². The van der Waals surface area contributed by atoms with Crippen molar-refractivity contribution in [3.8, 4) is 0 Å². The molecular weight excluding hydrogens is 280 g/mol. The average molecular weight is 297 g/mol. The van der Waals surface area contributed by atoms with Crippen LogP contribution in [-0.2, 0) is 0 Å². The summed E-state index contributed by atoms with van der Waals surface area (Å²) in [5.74, 6) is 0.00516. The minimum absolute atomic E-state index is 0.00516. The Hall–Kier alpha value is -0.870. The second-order valence-electron chi connectivity index (χ2n) is 4.50. The van der Waals surface area contributed by atoms with Crippen LogP contribution in [0.15, 0.2) is 22.7 Å². The van der Waals surface area contributed by atoms with Gasteiger partial charge in [0, 0.05) is 17.1 Å². The maximum Gasteiger partial charge on any atom is 0.252 e. The van der Waals surface area contributed by atoms with Crippen molar-refractivity contribution in [3.05, 3.63) is 33.8 Å². The fraction of sp³-hybridized carbons (Fsp3) is 0.462. The van der Waals surface area contributed by atoms with Crippen LogP contribution in [0.5, 0.6) is 0 Å². The van der Waals surface area contributed by atoms with Crippen LogP contribution in [0.4, 0.5) is 0 Å². The van der Waals surface area contributed by atoms with Crippen molar-refractivity contribution in [3.63, 3.8) is 0 Å². The maximum atomic E-state index is 12.1. The van der Waals surface area contributed by atoms with E-state index in [1.807, 2.05) is 25.1 Å². The molecule has 0 saturated carbocycles. The quantitative estimate of drug-likeness (QED) is 0.879. The summed E-state index contributed by atoms with van der Waals surface area (Å²) in [5.41, 5.74) is 1.86. The van der Waals surface area contributed by atoms with Crippen LogP contribution in [-0.4, -0.2) is 25.0 Å². The van der Waals surface area contributed by atoms with E-state index in [9.17, 15) is 4.79 Å². The van der Waals surface area contributed by atoms with E-state index < -0.39 is 0 Å². The molecule has 0 radical (unpaired) electrons. The van der Waals surface area contributed by atoms with Crippen LogP contribution in [0.2, 0.25) is 0 Å². The second-order valence-corrected chi connectivity index (χ2v) is 5.35. The molecule has 0 unspecified atom stereocenters. The molecule has 4 heteroatoms. The first-order valence-electron chi connectivity index (χ1n) is 5.94. The Kier molecular flexibility index (Phi) is 4.18. The monoisotopic (exact) mass is 296 g/mol. The number of aryl methyl sites for hydroxylation is 1. The number of nitrogens with one attached hydrogen (secondary N) is 2. The molecule has 92 valence electrons. The van der Waals surface area contributed by atoms with Gasteiger partial charge in [0.1, 0.15) is 0 Å². The van der Waals surface area contributed by atoms with Crippen LogP contribution >= 0.6 is 15.9 Å². The Morgan fingerprint density at radius 2 is 2.35 bits per heavy atom. The van der Waals surface area contributed by atoms with E-state index in [1.165, 1.54) is 0 Å². The standard InChI is InChI=1S/C13H17BrN2O/c1-9-4-5-11(12(14)7-9)13(17)16-10-3-2-6-15-8-10/h4-5,7,10,15H,2-3,6,8H2,1H3,(H,16,17)/t10-/m1/s1. The van der Waals surface area contributed by atoms with E-state index in [-0.39, 0.29) is 11.9 Å². The van der Waals surface area contributed by atoms with E-state index in [0.29, 0.717) is 5.56 Å². The number of benzene rings is 1. The molecular formula is C13H17BrN2O. The number of hydrogen-bond donors (Lipinski definition) is 2. The zero-order valence-electron chi connectivity index (χ0n) is 9.92. The Labute approximate surface area is 110 Å². The molecule has 1 saturated heterocycles. The number of halogens is 1. The fourth-order valence-electron chi connectivity index (χ4n) is 2.04. The molecule has 17 heavy (non-hydrogen) atoms. The Balaban J connectivity index is 2.03. The number of carbonyl (C=O) groups is 1. The predicted octanol–water partition coefficient (Wildman–Crippen LogP) is 2.24. The highest BCUT2D eigenvalue weighted by molar-refractivity contribution is 9.10. The normalized spacial score (nSPS) is 20.0. The van der Waals surface area contributed by atoms with Gasteiger partial charge in [-0.05, 0) is 59.9 Å². The van der Waals surface area contributed by atoms with Crippen LogP contribution in [0.1, 0.15) is 28.8 Å². The average Bonchev–Trinajstić information content (AvgIpc) is 2.30. The highest BCUT2D eigenvalue weighted by Crippen LogP contribution is 2.18. The number of carbonyl (C=O) groups excluding carboxylic acids is 1. The largest absolute Gasteiger partial charge is 0.348 e. The first-order valence-corrected chi connectivity index (χ1v) is 6.74. The molecule has 0 aliphatic carbocycles. The van der Waals surface area contributed by atoms with Crippen molar-refractivity contribution in [1.29, 1.82) is 0 Å². The Bertz CT molecular complexity index is 414. The van der Waals surface area contributed by atoms with Gasteiger partial charge in [-0.2, -0.15) is 0 Å². The lowest BCUT2D eigenvalue weighted by atomic mass is 10.1. The predicted molar refractivity (Wildman–Crippen MR) is 72.2 cm³/mol. The molecule has 1 amide bonds. The topological polar surface area (TPSA) is 41.1 Å². The minimum atomic E-state index is 0.00516. The molecule has 3 nitrogen and oxygen atoms in total. The van der Waals surface area contributed by atoms with Gasteiger partial charge in [-0.1, -0.05) is 6.07 Å². The van der Waals surface area contributed by atoms with E-state index in [4.69, 9.17) is 0 Å². The van der Waals surface area contributed by atoms with Crippen LogP contribution < -0.4 is 10.6 Å². The lowest BCUT2D eigenvalue weighted by Gasteiger charge is -2.24. The van der Waals surface area contributed by atoms with Crippen LogP contribution in [0.25, 0.3) is 0 Å². The number of piperidine rings is 1. The molecule has 1 aliphatic rings. The third-order valence-electron chi connectivity index (χ3n) is 3.00. The molecule has 1 heterocycles. The highest BCUT2D eigenvalue weighted by Gasteiger charge is 2.17. The molecule has 0 spiro atoms. The number of rotatable bonds is 2. The summed E-state index contributed by atoms with van der Waals surface area (Å²) in [6, 6.07) is 6.04. The maximum absolute atomic E-state index is 12.1. The van der Waals surface area contributed by atoms with Gasteiger partial charge in [0.05, 0.1) is 5.56 Å². The summed E-state index contributed by atoms with van der Waals surface area (Å²) in [4.78, 5) is 12.1. The van der Waals surface area contributed by atoms with E-state index in [0.717, 1.165) is 36.0 Å². The first-order chi connectivity index (χ1) is 8.16. The molecule has 1 aromatic carbocycles. The molecule has 1 aliphatic heterocycles. The van der Waals surface area contributed by atoms with Gasteiger partial charge in [-0.15, -0.1) is 0 Å².